The third-order valence-electron chi connectivity index (χ3n) is 5.08. The maximum Gasteiger partial charge on any atom is 0.414 e. The number of carbonyl (C=O) groups is 1. The topological polar surface area (TPSA) is 64.4 Å². The summed E-state index contributed by atoms with van der Waals surface area (Å²) in [6.45, 7) is 6.89. The monoisotopic (exact) mass is 419 g/mol. The zero-order chi connectivity index (χ0) is 22.0. The number of allylic oxidation sites excluding steroid dienone is 1. The highest BCUT2D eigenvalue weighted by Gasteiger charge is 2.21. The standard InChI is InChI=1S/C24H22FN3O3/c1-16(2)18-12-19(14-20(25)13-18)22-7-8-23(29)28(26-22)15-17-5-3-6-21(11-17)27-9-4-10-31-24(27)30/h3,5-8,11-14H,1,4,9-10,15H2,2H3. The molecule has 7 heteroatoms. The van der Waals surface area contributed by atoms with E-state index in [1.807, 2.05) is 24.3 Å². The van der Waals surface area contributed by atoms with Crippen LogP contribution in [0.3, 0.4) is 0 Å². The number of nitrogens with zero attached hydrogens (tertiary/aromatic N) is 3. The molecule has 158 valence electrons. The fourth-order valence-electron chi connectivity index (χ4n) is 3.48. The zero-order valence-electron chi connectivity index (χ0n) is 17.2. The third kappa shape index (κ3) is 4.55. The van der Waals surface area contributed by atoms with Gasteiger partial charge in [0.15, 0.2) is 0 Å². The summed E-state index contributed by atoms with van der Waals surface area (Å²) in [5.74, 6) is -0.392. The Morgan fingerprint density at radius 1 is 1.16 bits per heavy atom. The van der Waals surface area contributed by atoms with Crippen molar-refractivity contribution in [1.29, 1.82) is 0 Å². The quantitative estimate of drug-likeness (QED) is 0.612. The van der Waals surface area contributed by atoms with E-state index in [1.54, 1.807) is 24.0 Å². The van der Waals surface area contributed by atoms with Crippen molar-refractivity contribution >= 4 is 17.4 Å². The maximum absolute atomic E-state index is 14.1. The highest BCUT2D eigenvalue weighted by molar-refractivity contribution is 5.88. The van der Waals surface area contributed by atoms with E-state index < -0.39 is 5.82 Å². The highest BCUT2D eigenvalue weighted by atomic mass is 19.1. The van der Waals surface area contributed by atoms with Gasteiger partial charge in [-0.05, 0) is 60.9 Å². The van der Waals surface area contributed by atoms with Crippen molar-refractivity contribution in [3.05, 3.63) is 88.5 Å². The van der Waals surface area contributed by atoms with Gasteiger partial charge in [0.05, 0.1) is 18.8 Å². The van der Waals surface area contributed by atoms with Gasteiger partial charge in [-0.25, -0.2) is 13.9 Å². The van der Waals surface area contributed by atoms with Crippen LogP contribution in [0.25, 0.3) is 16.8 Å². The van der Waals surface area contributed by atoms with Gasteiger partial charge >= 0.3 is 6.09 Å². The van der Waals surface area contributed by atoms with Crippen molar-refractivity contribution < 1.29 is 13.9 Å². The first-order valence-corrected chi connectivity index (χ1v) is 9.99. The van der Waals surface area contributed by atoms with E-state index in [2.05, 4.69) is 11.7 Å². The molecule has 0 N–H and O–H groups in total. The summed E-state index contributed by atoms with van der Waals surface area (Å²) in [6.07, 6.45) is 0.388. The van der Waals surface area contributed by atoms with Crippen molar-refractivity contribution in [3.8, 4) is 11.3 Å². The number of benzene rings is 2. The molecule has 0 unspecified atom stereocenters. The van der Waals surface area contributed by atoms with Crippen LogP contribution >= 0.6 is 0 Å². The van der Waals surface area contributed by atoms with E-state index in [4.69, 9.17) is 4.74 Å². The van der Waals surface area contributed by atoms with Crippen LogP contribution in [-0.4, -0.2) is 29.0 Å². The first-order valence-electron chi connectivity index (χ1n) is 9.99. The lowest BCUT2D eigenvalue weighted by Gasteiger charge is -2.26. The molecular weight excluding hydrogens is 397 g/mol. The lowest BCUT2D eigenvalue weighted by molar-refractivity contribution is 0.140. The molecule has 1 fully saturated rings. The number of cyclic esters (lactones) is 1. The van der Waals surface area contributed by atoms with Gasteiger partial charge in [0.2, 0.25) is 0 Å². The second-order valence-corrected chi connectivity index (χ2v) is 7.51. The number of rotatable bonds is 5. The molecule has 1 amide bonds. The van der Waals surface area contributed by atoms with Crippen molar-refractivity contribution in [2.24, 2.45) is 0 Å². The molecule has 0 bridgehead atoms. The van der Waals surface area contributed by atoms with E-state index in [1.165, 1.54) is 22.9 Å². The summed E-state index contributed by atoms with van der Waals surface area (Å²) in [6, 6.07) is 14.9. The average molecular weight is 419 g/mol. The molecule has 0 atom stereocenters. The van der Waals surface area contributed by atoms with Crippen LogP contribution in [0.5, 0.6) is 0 Å². The summed E-state index contributed by atoms with van der Waals surface area (Å²) in [4.78, 5) is 26.0. The maximum atomic E-state index is 14.1. The Hall–Kier alpha value is -3.74. The summed E-state index contributed by atoms with van der Waals surface area (Å²) in [5.41, 5.74) is 3.71. The van der Waals surface area contributed by atoms with Crippen LogP contribution in [0, 0.1) is 5.82 Å². The Morgan fingerprint density at radius 3 is 2.77 bits per heavy atom. The molecule has 4 rings (SSSR count). The molecule has 1 aliphatic rings. The van der Waals surface area contributed by atoms with Gasteiger partial charge in [-0.15, -0.1) is 0 Å². The van der Waals surface area contributed by atoms with Crippen LogP contribution in [0.15, 0.2) is 66.0 Å². The van der Waals surface area contributed by atoms with Gasteiger partial charge in [-0.1, -0.05) is 24.3 Å². The van der Waals surface area contributed by atoms with Crippen molar-refractivity contribution in [2.45, 2.75) is 19.9 Å². The SMILES string of the molecule is C=C(C)c1cc(F)cc(-c2ccc(=O)n(Cc3cccc(N4CCCOC4=O)c3)n2)c1. The molecule has 0 radical (unpaired) electrons. The smallest absolute Gasteiger partial charge is 0.414 e. The molecule has 31 heavy (non-hydrogen) atoms. The van der Waals surface area contributed by atoms with Crippen molar-refractivity contribution in [1.82, 2.24) is 9.78 Å². The predicted molar refractivity (Wildman–Crippen MR) is 117 cm³/mol. The number of anilines is 1. The number of halogens is 1. The fraction of sp³-hybridized carbons (Fsp3) is 0.208. The van der Waals surface area contributed by atoms with Crippen LogP contribution in [-0.2, 0) is 11.3 Å². The number of hydrogen-bond donors (Lipinski definition) is 0. The lowest BCUT2D eigenvalue weighted by atomic mass is 10.0. The Labute approximate surface area is 179 Å². The van der Waals surface area contributed by atoms with E-state index in [0.717, 1.165) is 17.6 Å². The first-order chi connectivity index (χ1) is 14.9. The largest absolute Gasteiger partial charge is 0.449 e. The molecule has 2 heterocycles. The number of hydrogen-bond acceptors (Lipinski definition) is 4. The molecule has 0 spiro atoms. The second-order valence-electron chi connectivity index (χ2n) is 7.51. The zero-order valence-corrected chi connectivity index (χ0v) is 17.2. The Morgan fingerprint density at radius 2 is 2.00 bits per heavy atom. The van der Waals surface area contributed by atoms with Crippen molar-refractivity contribution in [3.63, 3.8) is 0 Å². The van der Waals surface area contributed by atoms with Gasteiger partial charge in [0.25, 0.3) is 5.56 Å². The van der Waals surface area contributed by atoms with Gasteiger partial charge < -0.3 is 4.74 Å². The molecule has 1 aromatic heterocycles. The van der Waals surface area contributed by atoms with E-state index in [-0.39, 0.29) is 18.2 Å². The Balaban J connectivity index is 1.65. The minimum atomic E-state index is -0.392. The number of amides is 1. The minimum Gasteiger partial charge on any atom is -0.449 e. The van der Waals surface area contributed by atoms with E-state index in [0.29, 0.717) is 35.7 Å². The number of aromatic nitrogens is 2. The van der Waals surface area contributed by atoms with E-state index >= 15 is 0 Å². The fourth-order valence-corrected chi connectivity index (χ4v) is 3.48. The third-order valence-corrected chi connectivity index (χ3v) is 5.08. The van der Waals surface area contributed by atoms with Gasteiger partial charge in [0, 0.05) is 23.9 Å². The predicted octanol–water partition coefficient (Wildman–Crippen LogP) is 4.48. The molecule has 0 saturated carbocycles. The first kappa shape index (κ1) is 20.5. The van der Waals surface area contributed by atoms with Crippen LogP contribution < -0.4 is 10.5 Å². The van der Waals surface area contributed by atoms with Crippen LogP contribution in [0.2, 0.25) is 0 Å². The molecule has 1 saturated heterocycles. The molecule has 2 aromatic carbocycles. The van der Waals surface area contributed by atoms with Crippen molar-refractivity contribution in [2.75, 3.05) is 18.1 Å². The summed E-state index contributed by atoms with van der Waals surface area (Å²) >= 11 is 0. The van der Waals surface area contributed by atoms with Crippen LogP contribution in [0.4, 0.5) is 14.9 Å². The number of ether oxygens (including phenoxy) is 1. The average Bonchev–Trinajstić information content (AvgIpc) is 2.75. The molecule has 1 aliphatic heterocycles. The lowest BCUT2D eigenvalue weighted by Crippen LogP contribution is -2.37. The Kier molecular flexibility index (Phi) is 5.66. The summed E-state index contributed by atoms with van der Waals surface area (Å²) in [5, 5.41) is 4.44. The van der Waals surface area contributed by atoms with E-state index in [9.17, 15) is 14.0 Å². The normalized spacial score (nSPS) is 13.7. The highest BCUT2D eigenvalue weighted by Crippen LogP contribution is 2.24. The molecule has 0 aliphatic carbocycles. The summed E-state index contributed by atoms with van der Waals surface area (Å²) < 4.78 is 20.5. The van der Waals surface area contributed by atoms with Crippen LogP contribution in [0.1, 0.15) is 24.5 Å². The molecule has 6 nitrogen and oxygen atoms in total. The number of carbonyl (C=O) groups excluding carboxylic acids is 1. The minimum absolute atomic E-state index is 0.214. The van der Waals surface area contributed by atoms with Gasteiger partial charge in [-0.2, -0.15) is 5.10 Å². The van der Waals surface area contributed by atoms with Gasteiger partial charge in [0.1, 0.15) is 5.82 Å². The molecule has 3 aromatic rings. The second kappa shape index (κ2) is 8.55. The summed E-state index contributed by atoms with van der Waals surface area (Å²) in [7, 11) is 0. The molecular formula is C24H22FN3O3. The Bertz CT molecular complexity index is 1220. The van der Waals surface area contributed by atoms with Gasteiger partial charge in [-0.3, -0.25) is 9.69 Å².